The molecule has 0 aromatic carbocycles. The van der Waals surface area contributed by atoms with Crippen LogP contribution < -0.4 is 0 Å². The van der Waals surface area contributed by atoms with Crippen LogP contribution in [0.4, 0.5) is 0 Å². The summed E-state index contributed by atoms with van der Waals surface area (Å²) >= 11 is 0. The zero-order chi connectivity index (χ0) is 6.85. The van der Waals surface area contributed by atoms with Gasteiger partial charge in [-0.2, -0.15) is 0 Å². The smallest absolute Gasteiger partial charge is 0.147 e. The fourth-order valence-electron chi connectivity index (χ4n) is 1.23. The summed E-state index contributed by atoms with van der Waals surface area (Å²) in [7, 11) is 2.59. The summed E-state index contributed by atoms with van der Waals surface area (Å²) in [4.78, 5) is 10.8. The number of ketones is 1. The highest BCUT2D eigenvalue weighted by Crippen LogP contribution is 2.20. The summed E-state index contributed by atoms with van der Waals surface area (Å²) < 4.78 is 2.04. The summed E-state index contributed by atoms with van der Waals surface area (Å²) in [5, 5.41) is 0. The molecule has 2 nitrogen and oxygen atoms in total. The molecule has 0 radical (unpaired) electrons. The molecule has 2 atom stereocenters. The van der Waals surface area contributed by atoms with Gasteiger partial charge in [0.15, 0.2) is 0 Å². The Bertz CT molecular complexity index is 126. The van der Waals surface area contributed by atoms with Gasteiger partial charge in [-0.25, -0.2) is 0 Å². The molecular formula is C6H12NOP. The zero-order valence-electron chi connectivity index (χ0n) is 5.63. The third kappa shape index (κ3) is 1.50. The molecular weight excluding hydrogens is 133 g/mol. The predicted molar refractivity (Wildman–Crippen MR) is 40.1 cm³/mol. The van der Waals surface area contributed by atoms with Crippen LogP contribution in [0.1, 0.15) is 19.8 Å². The van der Waals surface area contributed by atoms with E-state index < -0.39 is 0 Å². The van der Waals surface area contributed by atoms with Gasteiger partial charge in [-0.3, -0.25) is 9.46 Å². The molecule has 0 spiro atoms. The number of hydrogen-bond donors (Lipinski definition) is 0. The molecule has 9 heavy (non-hydrogen) atoms. The van der Waals surface area contributed by atoms with Crippen LogP contribution in [-0.2, 0) is 4.79 Å². The van der Waals surface area contributed by atoms with Crippen LogP contribution in [0.15, 0.2) is 0 Å². The number of Topliss-reactive ketones (excluding diaryl/α,β-unsaturated/α-hetero) is 1. The highest BCUT2D eigenvalue weighted by Gasteiger charge is 2.24. The lowest BCUT2D eigenvalue weighted by atomic mass is 10.2. The van der Waals surface area contributed by atoms with Gasteiger partial charge in [-0.05, 0) is 19.8 Å². The number of carbonyl (C=O) groups is 1. The Kier molecular flexibility index (Phi) is 2.20. The summed E-state index contributed by atoms with van der Waals surface area (Å²) in [6.45, 7) is 2.71. The van der Waals surface area contributed by atoms with Crippen molar-refractivity contribution in [3.05, 3.63) is 0 Å². The Labute approximate surface area is 57.9 Å². The van der Waals surface area contributed by atoms with Crippen molar-refractivity contribution < 1.29 is 4.79 Å². The predicted octanol–water partition coefficient (Wildman–Crippen LogP) is 0.830. The number of rotatable bonds is 1. The van der Waals surface area contributed by atoms with Crippen molar-refractivity contribution in [3.63, 3.8) is 0 Å². The van der Waals surface area contributed by atoms with Crippen molar-refractivity contribution in [1.82, 2.24) is 4.67 Å². The van der Waals surface area contributed by atoms with Crippen molar-refractivity contribution >= 4 is 15.2 Å². The molecule has 1 unspecified atom stereocenters. The van der Waals surface area contributed by atoms with E-state index in [4.69, 9.17) is 0 Å². The fourth-order valence-corrected chi connectivity index (χ4v) is 1.77. The summed E-state index contributed by atoms with van der Waals surface area (Å²) in [5.74, 6) is 0.294. The van der Waals surface area contributed by atoms with E-state index in [1.165, 1.54) is 0 Å². The molecule has 1 fully saturated rings. The molecule has 0 bridgehead atoms. The van der Waals surface area contributed by atoms with Gasteiger partial charge in [0, 0.05) is 6.54 Å². The third-order valence-electron chi connectivity index (χ3n) is 1.76. The average molecular weight is 145 g/mol. The normalized spacial score (nSPS) is 28.9. The molecule has 3 heteroatoms. The molecule has 0 aliphatic carbocycles. The molecule has 1 rings (SSSR count). The van der Waals surface area contributed by atoms with E-state index in [9.17, 15) is 4.79 Å². The maximum Gasteiger partial charge on any atom is 0.147 e. The molecule has 1 heterocycles. The topological polar surface area (TPSA) is 20.3 Å². The van der Waals surface area contributed by atoms with Crippen molar-refractivity contribution in [2.45, 2.75) is 25.8 Å². The quantitative estimate of drug-likeness (QED) is 0.509. The van der Waals surface area contributed by atoms with E-state index in [0.29, 0.717) is 5.78 Å². The van der Waals surface area contributed by atoms with E-state index >= 15 is 0 Å². The lowest BCUT2D eigenvalue weighted by molar-refractivity contribution is -0.119. The first-order valence-electron chi connectivity index (χ1n) is 3.23. The molecule has 0 amide bonds. The van der Waals surface area contributed by atoms with Crippen LogP contribution in [-0.4, -0.2) is 23.0 Å². The molecule has 0 aromatic heterocycles. The Balaban J connectivity index is 2.49. The van der Waals surface area contributed by atoms with Gasteiger partial charge in [0.25, 0.3) is 0 Å². The van der Waals surface area contributed by atoms with Gasteiger partial charge < -0.3 is 0 Å². The van der Waals surface area contributed by atoms with Crippen LogP contribution in [0.3, 0.4) is 0 Å². The van der Waals surface area contributed by atoms with Gasteiger partial charge >= 0.3 is 0 Å². The summed E-state index contributed by atoms with van der Waals surface area (Å²) in [6.07, 6.45) is 2.20. The minimum Gasteiger partial charge on any atom is -0.298 e. The minimum atomic E-state index is 0.190. The molecule has 0 aromatic rings. The lowest BCUT2D eigenvalue weighted by Crippen LogP contribution is -2.26. The standard InChI is InChI=1S/C6H12NOP/c1-5(8)6-3-2-4-7(6)9/h6H,2-4,9H2,1H3/t6-/m1/s1. The van der Waals surface area contributed by atoms with Crippen LogP contribution in [0.25, 0.3) is 0 Å². The molecule has 52 valence electrons. The van der Waals surface area contributed by atoms with Gasteiger partial charge in [-0.1, -0.05) is 9.39 Å². The highest BCUT2D eigenvalue weighted by molar-refractivity contribution is 7.13. The largest absolute Gasteiger partial charge is 0.298 e. The van der Waals surface area contributed by atoms with Crippen molar-refractivity contribution in [2.75, 3.05) is 6.54 Å². The molecule has 1 aliphatic rings. The van der Waals surface area contributed by atoms with Crippen molar-refractivity contribution in [1.29, 1.82) is 0 Å². The monoisotopic (exact) mass is 145 g/mol. The van der Waals surface area contributed by atoms with Crippen molar-refractivity contribution in [3.8, 4) is 0 Å². The van der Waals surface area contributed by atoms with Crippen LogP contribution in [0, 0.1) is 0 Å². The minimum absolute atomic E-state index is 0.190. The van der Waals surface area contributed by atoms with Gasteiger partial charge in [0.05, 0.1) is 6.04 Å². The summed E-state index contributed by atoms with van der Waals surface area (Å²) in [6, 6.07) is 0.190. The molecule has 1 saturated heterocycles. The summed E-state index contributed by atoms with van der Waals surface area (Å²) in [5.41, 5.74) is 0. The SMILES string of the molecule is CC(=O)[C@H]1CCCN1P. The Morgan fingerprint density at radius 2 is 2.44 bits per heavy atom. The Morgan fingerprint density at radius 3 is 2.67 bits per heavy atom. The van der Waals surface area contributed by atoms with Crippen LogP contribution in [0.2, 0.25) is 0 Å². The number of nitrogens with zero attached hydrogens (tertiary/aromatic N) is 1. The van der Waals surface area contributed by atoms with E-state index in [1.807, 2.05) is 4.67 Å². The Morgan fingerprint density at radius 1 is 1.78 bits per heavy atom. The lowest BCUT2D eigenvalue weighted by Gasteiger charge is -2.14. The van der Waals surface area contributed by atoms with E-state index in [1.54, 1.807) is 6.92 Å². The maximum absolute atomic E-state index is 10.8. The maximum atomic E-state index is 10.8. The van der Waals surface area contributed by atoms with Gasteiger partial charge in [0.1, 0.15) is 5.78 Å². The molecule has 1 aliphatic heterocycles. The second-order valence-corrected chi connectivity index (χ2v) is 3.17. The number of carbonyl (C=O) groups excluding carboxylic acids is 1. The molecule has 0 N–H and O–H groups in total. The Hall–Kier alpha value is 0.0600. The van der Waals surface area contributed by atoms with E-state index in [2.05, 4.69) is 9.39 Å². The fraction of sp³-hybridized carbons (Fsp3) is 0.833. The van der Waals surface area contributed by atoms with Gasteiger partial charge in [0.2, 0.25) is 0 Å². The first kappa shape index (κ1) is 7.17. The highest BCUT2D eigenvalue weighted by atomic mass is 31.0. The average Bonchev–Trinajstić information content (AvgIpc) is 2.13. The second kappa shape index (κ2) is 2.76. The molecule has 0 saturated carbocycles. The van der Waals surface area contributed by atoms with E-state index in [-0.39, 0.29) is 6.04 Å². The number of hydrogen-bond acceptors (Lipinski definition) is 2. The van der Waals surface area contributed by atoms with Gasteiger partial charge in [-0.15, -0.1) is 0 Å². The van der Waals surface area contributed by atoms with E-state index in [0.717, 1.165) is 19.4 Å². The first-order valence-corrected chi connectivity index (χ1v) is 3.75. The van der Waals surface area contributed by atoms with Crippen LogP contribution in [0.5, 0.6) is 0 Å². The second-order valence-electron chi connectivity index (χ2n) is 2.51. The van der Waals surface area contributed by atoms with Crippen LogP contribution >= 0.6 is 9.39 Å². The zero-order valence-corrected chi connectivity index (χ0v) is 6.79. The first-order chi connectivity index (χ1) is 4.22. The third-order valence-corrected chi connectivity index (χ3v) is 2.38. The van der Waals surface area contributed by atoms with Crippen molar-refractivity contribution in [2.24, 2.45) is 0 Å².